The van der Waals surface area contributed by atoms with E-state index in [4.69, 9.17) is 5.73 Å². The number of anilines is 1. The number of amides is 2. The van der Waals surface area contributed by atoms with Crippen LogP contribution in [-0.2, 0) is 0 Å². The van der Waals surface area contributed by atoms with Gasteiger partial charge >= 0.3 is 0 Å². The fraction of sp³-hybridized carbons (Fsp3) is 0.308. The Morgan fingerprint density at radius 1 is 1.21 bits per heavy atom. The Morgan fingerprint density at radius 3 is 2.47 bits per heavy atom. The maximum Gasteiger partial charge on any atom is 0.259 e. The first-order valence-corrected chi connectivity index (χ1v) is 5.88. The molecule has 0 radical (unpaired) electrons. The van der Waals surface area contributed by atoms with Crippen LogP contribution in [0.1, 0.15) is 41.5 Å². The molecule has 4 N–H and O–H groups in total. The number of rotatable bonds is 1. The summed E-state index contributed by atoms with van der Waals surface area (Å²) in [5, 5.41) is 5.13. The summed E-state index contributed by atoms with van der Waals surface area (Å²) in [6.07, 6.45) is 0. The zero-order valence-corrected chi connectivity index (χ0v) is 11.1. The van der Waals surface area contributed by atoms with Gasteiger partial charge in [0.15, 0.2) is 5.96 Å². The molecule has 1 aromatic carbocycles. The van der Waals surface area contributed by atoms with Crippen molar-refractivity contribution in [2.45, 2.75) is 26.3 Å². The number of nitrogens with one attached hydrogen (secondary N) is 2. The Hall–Kier alpha value is -2.37. The van der Waals surface area contributed by atoms with E-state index < -0.39 is 5.91 Å². The number of guanidine groups is 1. The van der Waals surface area contributed by atoms with E-state index in [-0.39, 0.29) is 17.4 Å². The lowest BCUT2D eigenvalue weighted by molar-refractivity contribution is 0.0879. The van der Waals surface area contributed by atoms with Crippen LogP contribution in [0.15, 0.2) is 23.2 Å². The highest BCUT2D eigenvalue weighted by atomic mass is 16.2. The van der Waals surface area contributed by atoms with E-state index in [1.54, 1.807) is 18.2 Å². The van der Waals surface area contributed by atoms with Gasteiger partial charge in [-0.1, -0.05) is 0 Å². The average Bonchev–Trinajstić information content (AvgIpc) is 2.51. The number of nitrogens with two attached hydrogens (primary N) is 1. The number of carbonyl (C=O) groups is 2. The summed E-state index contributed by atoms with van der Waals surface area (Å²) in [7, 11) is 0. The van der Waals surface area contributed by atoms with E-state index in [9.17, 15) is 9.59 Å². The molecule has 2 rings (SSSR count). The topological polar surface area (TPSA) is 96.6 Å². The van der Waals surface area contributed by atoms with Gasteiger partial charge in [-0.2, -0.15) is 0 Å². The second-order valence-electron chi connectivity index (χ2n) is 5.34. The van der Waals surface area contributed by atoms with Gasteiger partial charge in [0.2, 0.25) is 0 Å². The number of benzene rings is 1. The van der Waals surface area contributed by atoms with E-state index >= 15 is 0 Å². The Balaban J connectivity index is 2.25. The predicted octanol–water partition coefficient (Wildman–Crippen LogP) is 1.10. The van der Waals surface area contributed by atoms with Gasteiger partial charge in [0.25, 0.3) is 11.8 Å². The van der Waals surface area contributed by atoms with Crippen molar-refractivity contribution in [3.05, 3.63) is 29.3 Å². The predicted molar refractivity (Wildman–Crippen MR) is 73.2 cm³/mol. The molecule has 6 heteroatoms. The van der Waals surface area contributed by atoms with Crippen LogP contribution in [0.5, 0.6) is 0 Å². The van der Waals surface area contributed by atoms with Crippen LogP contribution in [0.4, 0.5) is 5.69 Å². The fourth-order valence-corrected chi connectivity index (χ4v) is 1.78. The Morgan fingerprint density at radius 2 is 1.84 bits per heavy atom. The van der Waals surface area contributed by atoms with Crippen LogP contribution in [-0.4, -0.2) is 23.3 Å². The Kier molecular flexibility index (Phi) is 3.01. The Labute approximate surface area is 111 Å². The zero-order valence-electron chi connectivity index (χ0n) is 11.1. The number of hydrogen-bond acceptors (Lipinski definition) is 3. The number of hydrogen-bond donors (Lipinski definition) is 3. The maximum atomic E-state index is 11.5. The van der Waals surface area contributed by atoms with Gasteiger partial charge < -0.3 is 11.1 Å². The number of fused-ring (bicyclic) bond motifs is 1. The highest BCUT2D eigenvalue weighted by Crippen LogP contribution is 2.20. The highest BCUT2D eigenvalue weighted by molar-refractivity contribution is 6.22. The molecule has 0 saturated carbocycles. The van der Waals surface area contributed by atoms with Crippen molar-refractivity contribution in [2.24, 2.45) is 10.7 Å². The van der Waals surface area contributed by atoms with Crippen molar-refractivity contribution in [1.82, 2.24) is 5.32 Å². The van der Waals surface area contributed by atoms with Crippen LogP contribution in [0.2, 0.25) is 0 Å². The van der Waals surface area contributed by atoms with Crippen molar-refractivity contribution in [1.29, 1.82) is 0 Å². The molecular weight excluding hydrogens is 244 g/mol. The van der Waals surface area contributed by atoms with Gasteiger partial charge in [-0.15, -0.1) is 0 Å². The molecule has 0 saturated heterocycles. The molecule has 1 aliphatic rings. The minimum Gasteiger partial charge on any atom is -0.370 e. The van der Waals surface area contributed by atoms with Gasteiger partial charge in [-0.25, -0.2) is 4.99 Å². The fourth-order valence-electron chi connectivity index (χ4n) is 1.78. The normalized spacial score (nSPS) is 15.2. The first-order chi connectivity index (χ1) is 8.76. The monoisotopic (exact) mass is 260 g/mol. The largest absolute Gasteiger partial charge is 0.370 e. The summed E-state index contributed by atoms with van der Waals surface area (Å²) < 4.78 is 0. The highest BCUT2D eigenvalue weighted by Gasteiger charge is 2.26. The summed E-state index contributed by atoms with van der Waals surface area (Å²) in [6, 6.07) is 4.85. The molecular formula is C13H16N4O2. The van der Waals surface area contributed by atoms with Crippen molar-refractivity contribution in [3.63, 3.8) is 0 Å². The number of nitrogens with zero attached hydrogens (tertiary/aromatic N) is 1. The first kappa shape index (κ1) is 13.1. The third-order valence-electron chi connectivity index (χ3n) is 2.46. The third-order valence-corrected chi connectivity index (χ3v) is 2.46. The smallest absolute Gasteiger partial charge is 0.259 e. The van der Waals surface area contributed by atoms with Gasteiger partial charge in [0.1, 0.15) is 0 Å². The number of carbonyl (C=O) groups excluding carboxylic acids is 2. The molecule has 0 aliphatic carbocycles. The molecule has 19 heavy (non-hydrogen) atoms. The van der Waals surface area contributed by atoms with Crippen molar-refractivity contribution >= 4 is 23.5 Å². The molecule has 0 atom stereocenters. The second-order valence-corrected chi connectivity index (χ2v) is 5.34. The molecule has 1 heterocycles. The van der Waals surface area contributed by atoms with Crippen LogP contribution in [0, 0.1) is 0 Å². The molecule has 1 aromatic rings. The molecule has 0 unspecified atom stereocenters. The minimum atomic E-state index is -0.394. The van der Waals surface area contributed by atoms with Crippen LogP contribution >= 0.6 is 0 Å². The molecule has 1 aliphatic heterocycles. The third kappa shape index (κ3) is 2.90. The summed E-state index contributed by atoms with van der Waals surface area (Å²) >= 11 is 0. The molecule has 0 spiro atoms. The quantitative estimate of drug-likeness (QED) is 0.400. The second kappa shape index (κ2) is 4.38. The van der Waals surface area contributed by atoms with Gasteiger partial charge in [0.05, 0.1) is 16.7 Å². The van der Waals surface area contributed by atoms with Crippen molar-refractivity contribution in [3.8, 4) is 0 Å². The average molecular weight is 260 g/mol. The molecule has 6 nitrogen and oxygen atoms in total. The van der Waals surface area contributed by atoms with E-state index in [2.05, 4.69) is 15.6 Å². The Bertz CT molecular complexity index is 585. The van der Waals surface area contributed by atoms with Crippen molar-refractivity contribution < 1.29 is 9.59 Å². The first-order valence-electron chi connectivity index (χ1n) is 5.88. The summed E-state index contributed by atoms with van der Waals surface area (Å²) in [5.41, 5.74) is 6.82. The SMILES string of the molecule is CC(C)(C)N=C(N)Nc1ccc2c(c1)C(=O)NC2=O. The molecule has 100 valence electrons. The minimum absolute atomic E-state index is 0.261. The molecule has 0 fully saturated rings. The van der Waals surface area contributed by atoms with E-state index in [0.717, 1.165) is 0 Å². The van der Waals surface area contributed by atoms with Crippen molar-refractivity contribution in [2.75, 3.05) is 5.32 Å². The zero-order chi connectivity index (χ0) is 14.2. The standard InChI is InChI=1S/C13H16N4O2/c1-13(2,3)17-12(14)15-7-4-5-8-9(6-7)11(19)16-10(8)18/h4-6H,1-3H3,(H3,14,15,17)(H,16,18,19). The van der Waals surface area contributed by atoms with Crippen LogP contribution in [0.3, 0.4) is 0 Å². The number of aliphatic imine (C=N–C) groups is 1. The van der Waals surface area contributed by atoms with E-state index in [1.165, 1.54) is 0 Å². The van der Waals surface area contributed by atoms with Crippen LogP contribution < -0.4 is 16.4 Å². The van der Waals surface area contributed by atoms with E-state index in [0.29, 0.717) is 16.8 Å². The summed E-state index contributed by atoms with van der Waals surface area (Å²) in [5.74, 6) is -0.505. The molecule has 0 bridgehead atoms. The lowest BCUT2D eigenvalue weighted by atomic mass is 10.1. The lowest BCUT2D eigenvalue weighted by Crippen LogP contribution is -2.27. The summed E-state index contributed by atoms with van der Waals surface area (Å²) in [4.78, 5) is 27.2. The van der Waals surface area contributed by atoms with Gasteiger partial charge in [0, 0.05) is 5.69 Å². The van der Waals surface area contributed by atoms with Gasteiger partial charge in [-0.3, -0.25) is 14.9 Å². The summed E-state index contributed by atoms with van der Waals surface area (Å²) in [6.45, 7) is 5.78. The molecule has 0 aromatic heterocycles. The number of imide groups is 1. The van der Waals surface area contributed by atoms with Crippen LogP contribution in [0.25, 0.3) is 0 Å². The van der Waals surface area contributed by atoms with Gasteiger partial charge in [-0.05, 0) is 39.0 Å². The van der Waals surface area contributed by atoms with E-state index in [1.807, 2.05) is 20.8 Å². The molecule has 2 amide bonds. The lowest BCUT2D eigenvalue weighted by Gasteiger charge is -2.14. The maximum absolute atomic E-state index is 11.5.